The maximum Gasteiger partial charge on any atom is 0.242 e. The lowest BCUT2D eigenvalue weighted by molar-refractivity contribution is -0.119. The molecule has 0 aromatic heterocycles. The molecule has 0 radical (unpaired) electrons. The normalized spacial score (nSPS) is 22.0. The first-order valence-electron chi connectivity index (χ1n) is 7.32. The molecule has 0 aliphatic carbocycles. The molecule has 2 N–H and O–H groups in total. The molecule has 1 heterocycles. The fourth-order valence-corrected chi connectivity index (χ4v) is 2.87. The highest BCUT2D eigenvalue weighted by Gasteiger charge is 2.30. The van der Waals surface area contributed by atoms with Crippen molar-refractivity contribution in [3.63, 3.8) is 0 Å². The quantitative estimate of drug-likeness (QED) is 0.826. The molecule has 1 aliphatic rings. The number of nitrogens with two attached hydrogens (primary N) is 1. The fraction of sp³-hybridized carbons (Fsp3) is 0.500. The molecule has 5 heteroatoms. The van der Waals surface area contributed by atoms with Gasteiger partial charge < -0.3 is 5.73 Å². The summed E-state index contributed by atoms with van der Waals surface area (Å²) in [4.78, 5) is 16.2. The van der Waals surface area contributed by atoms with Crippen molar-refractivity contribution in [2.75, 3.05) is 31.1 Å². The zero-order valence-electron chi connectivity index (χ0n) is 12.4. The van der Waals surface area contributed by atoms with Crippen LogP contribution in [0, 0.1) is 17.2 Å². The summed E-state index contributed by atoms with van der Waals surface area (Å²) in [7, 11) is 0. The summed E-state index contributed by atoms with van der Waals surface area (Å²) in [5.74, 6) is 0.432. The number of nitrogens with zero attached hydrogens (tertiary/aromatic N) is 3. The smallest absolute Gasteiger partial charge is 0.242 e. The van der Waals surface area contributed by atoms with Crippen molar-refractivity contribution in [1.29, 1.82) is 5.26 Å². The van der Waals surface area contributed by atoms with Crippen molar-refractivity contribution in [2.45, 2.75) is 19.4 Å². The van der Waals surface area contributed by atoms with Crippen LogP contribution in [0.15, 0.2) is 30.3 Å². The average Bonchev–Trinajstić information content (AvgIpc) is 2.86. The number of para-hydroxylation sites is 1. The summed E-state index contributed by atoms with van der Waals surface area (Å²) in [5, 5.41) is 8.97. The van der Waals surface area contributed by atoms with Crippen molar-refractivity contribution in [3.05, 3.63) is 30.3 Å². The summed E-state index contributed by atoms with van der Waals surface area (Å²) in [5.41, 5.74) is 6.49. The molecule has 2 rings (SSSR count). The van der Waals surface area contributed by atoms with E-state index in [1.165, 1.54) is 0 Å². The van der Waals surface area contributed by atoms with Gasteiger partial charge in [-0.25, -0.2) is 0 Å². The molecule has 2 unspecified atom stereocenters. The molecule has 1 aliphatic heterocycles. The number of rotatable bonds is 5. The lowest BCUT2D eigenvalue weighted by Gasteiger charge is -2.25. The van der Waals surface area contributed by atoms with E-state index in [9.17, 15) is 4.79 Å². The topological polar surface area (TPSA) is 73.4 Å². The van der Waals surface area contributed by atoms with Crippen LogP contribution in [0.4, 0.5) is 5.69 Å². The van der Waals surface area contributed by atoms with Crippen LogP contribution >= 0.6 is 0 Å². The molecule has 0 saturated carbocycles. The lowest BCUT2D eigenvalue weighted by Crippen LogP contribution is -2.42. The molecule has 0 spiro atoms. The molecule has 2 atom stereocenters. The van der Waals surface area contributed by atoms with Crippen LogP contribution in [0.2, 0.25) is 0 Å². The first kappa shape index (κ1) is 15.5. The summed E-state index contributed by atoms with van der Waals surface area (Å²) in [6, 6.07) is 11.8. The standard InChI is InChI=1S/C16H22N4O/c1-13-9-14(10-18)11-19(13)12-16(21)20(8-7-17)15-5-3-2-4-6-15/h2-6,13-14H,8-12,18H2,1H3. The minimum Gasteiger partial charge on any atom is -0.330 e. The van der Waals surface area contributed by atoms with Crippen LogP contribution in [0.1, 0.15) is 13.3 Å². The number of amides is 1. The molecule has 1 amide bonds. The van der Waals surface area contributed by atoms with E-state index in [-0.39, 0.29) is 12.5 Å². The zero-order valence-corrected chi connectivity index (χ0v) is 12.4. The highest BCUT2D eigenvalue weighted by atomic mass is 16.2. The molecular weight excluding hydrogens is 264 g/mol. The van der Waals surface area contributed by atoms with Crippen molar-refractivity contribution in [2.24, 2.45) is 11.7 Å². The molecule has 21 heavy (non-hydrogen) atoms. The van der Waals surface area contributed by atoms with Gasteiger partial charge in [0.15, 0.2) is 0 Å². The van der Waals surface area contributed by atoms with E-state index in [2.05, 4.69) is 17.9 Å². The van der Waals surface area contributed by atoms with E-state index in [0.29, 0.717) is 25.0 Å². The Morgan fingerprint density at radius 2 is 2.19 bits per heavy atom. The minimum atomic E-state index is -0.0349. The van der Waals surface area contributed by atoms with Gasteiger partial charge in [-0.1, -0.05) is 18.2 Å². The van der Waals surface area contributed by atoms with Gasteiger partial charge in [0.05, 0.1) is 12.6 Å². The van der Waals surface area contributed by atoms with Crippen LogP contribution in [-0.2, 0) is 4.79 Å². The zero-order chi connectivity index (χ0) is 15.2. The first-order valence-corrected chi connectivity index (χ1v) is 7.32. The number of benzene rings is 1. The summed E-state index contributed by atoms with van der Waals surface area (Å²) in [6.45, 7) is 4.06. The van der Waals surface area contributed by atoms with Gasteiger partial charge in [0.1, 0.15) is 6.54 Å². The summed E-state index contributed by atoms with van der Waals surface area (Å²) < 4.78 is 0. The van der Waals surface area contributed by atoms with Crippen LogP contribution in [0.5, 0.6) is 0 Å². The van der Waals surface area contributed by atoms with E-state index in [1.807, 2.05) is 30.3 Å². The number of carbonyl (C=O) groups is 1. The minimum absolute atomic E-state index is 0.0349. The van der Waals surface area contributed by atoms with Crippen LogP contribution in [0.3, 0.4) is 0 Å². The SMILES string of the molecule is CC1CC(CN)CN1CC(=O)N(CC#N)c1ccccc1. The molecule has 1 saturated heterocycles. The molecule has 1 aromatic carbocycles. The number of carbonyl (C=O) groups excluding carboxylic acids is 1. The largest absolute Gasteiger partial charge is 0.330 e. The lowest BCUT2D eigenvalue weighted by atomic mass is 10.1. The average molecular weight is 286 g/mol. The monoisotopic (exact) mass is 286 g/mol. The molecule has 5 nitrogen and oxygen atoms in total. The number of hydrogen-bond acceptors (Lipinski definition) is 4. The predicted molar refractivity (Wildman–Crippen MR) is 82.6 cm³/mol. The van der Waals surface area contributed by atoms with E-state index in [4.69, 9.17) is 11.0 Å². The van der Waals surface area contributed by atoms with Crippen molar-refractivity contribution in [3.8, 4) is 6.07 Å². The maximum absolute atomic E-state index is 12.5. The van der Waals surface area contributed by atoms with Gasteiger partial charge in [-0.2, -0.15) is 5.26 Å². The third-order valence-electron chi connectivity index (χ3n) is 4.06. The highest BCUT2D eigenvalue weighted by molar-refractivity contribution is 5.95. The Balaban J connectivity index is 2.05. The second-order valence-corrected chi connectivity index (χ2v) is 5.59. The highest BCUT2D eigenvalue weighted by Crippen LogP contribution is 2.22. The Kier molecular flexibility index (Phi) is 5.32. The van der Waals surface area contributed by atoms with E-state index in [1.54, 1.807) is 4.90 Å². The number of nitriles is 1. The van der Waals surface area contributed by atoms with Gasteiger partial charge in [0.2, 0.25) is 5.91 Å². The van der Waals surface area contributed by atoms with Crippen molar-refractivity contribution >= 4 is 11.6 Å². The second kappa shape index (κ2) is 7.21. The first-order chi connectivity index (χ1) is 10.2. The van der Waals surface area contributed by atoms with Gasteiger partial charge in [-0.05, 0) is 37.9 Å². The van der Waals surface area contributed by atoms with Crippen LogP contribution in [-0.4, -0.2) is 43.0 Å². The summed E-state index contributed by atoms with van der Waals surface area (Å²) in [6.07, 6.45) is 1.04. The van der Waals surface area contributed by atoms with Gasteiger partial charge in [-0.15, -0.1) is 0 Å². The number of hydrogen-bond donors (Lipinski definition) is 1. The van der Waals surface area contributed by atoms with Crippen LogP contribution in [0.25, 0.3) is 0 Å². The Morgan fingerprint density at radius 3 is 2.76 bits per heavy atom. The molecule has 1 fully saturated rings. The fourth-order valence-electron chi connectivity index (χ4n) is 2.87. The Bertz CT molecular complexity index is 511. The van der Waals surface area contributed by atoms with E-state index < -0.39 is 0 Å². The third kappa shape index (κ3) is 3.81. The van der Waals surface area contributed by atoms with E-state index >= 15 is 0 Å². The van der Waals surface area contributed by atoms with Gasteiger partial charge in [-0.3, -0.25) is 14.6 Å². The molecule has 1 aromatic rings. The third-order valence-corrected chi connectivity index (χ3v) is 4.06. The molecule has 0 bridgehead atoms. The van der Waals surface area contributed by atoms with E-state index in [0.717, 1.165) is 18.7 Å². The van der Waals surface area contributed by atoms with Crippen LogP contribution < -0.4 is 10.6 Å². The Labute approximate surface area is 125 Å². The predicted octanol–water partition coefficient (Wildman–Crippen LogP) is 1.21. The summed E-state index contributed by atoms with van der Waals surface area (Å²) >= 11 is 0. The number of anilines is 1. The Morgan fingerprint density at radius 1 is 1.48 bits per heavy atom. The maximum atomic E-state index is 12.5. The van der Waals surface area contributed by atoms with Crippen molar-refractivity contribution in [1.82, 2.24) is 4.90 Å². The van der Waals surface area contributed by atoms with Gasteiger partial charge >= 0.3 is 0 Å². The number of likely N-dealkylation sites (tertiary alicyclic amines) is 1. The molecule has 112 valence electrons. The molecular formula is C16H22N4O. The van der Waals surface area contributed by atoms with Gasteiger partial charge in [0, 0.05) is 18.3 Å². The Hall–Kier alpha value is -1.90. The van der Waals surface area contributed by atoms with Gasteiger partial charge in [0.25, 0.3) is 0 Å². The second-order valence-electron chi connectivity index (χ2n) is 5.59. The van der Waals surface area contributed by atoms with Crippen molar-refractivity contribution < 1.29 is 4.79 Å².